The normalized spacial score (nSPS) is 11.9. The number of allylic oxidation sites excluding steroid dienone is 1. The second-order valence-electron chi connectivity index (χ2n) is 4.17. The Morgan fingerprint density at radius 2 is 1.86 bits per heavy atom. The van der Waals surface area contributed by atoms with Crippen LogP contribution < -0.4 is 0 Å². The van der Waals surface area contributed by atoms with Crippen LogP contribution in [0.25, 0.3) is 6.08 Å². The summed E-state index contributed by atoms with van der Waals surface area (Å²) in [5.74, 6) is -0.00932. The lowest BCUT2D eigenvalue weighted by Crippen LogP contribution is -2.03. The zero-order chi connectivity index (χ0) is 15.5. The molecule has 0 spiro atoms. The van der Waals surface area contributed by atoms with Crippen LogP contribution in [0.3, 0.4) is 0 Å². The number of hydrogen-bond acceptors (Lipinski definition) is 4. The van der Waals surface area contributed by atoms with E-state index in [9.17, 15) is 13.5 Å². The molecule has 4 nitrogen and oxygen atoms in total. The lowest BCUT2D eigenvalue weighted by molar-refractivity contribution is 0.475. The second kappa shape index (κ2) is 6.00. The van der Waals surface area contributed by atoms with Crippen LogP contribution in [0.5, 0.6) is 5.75 Å². The number of sulfone groups is 1. The fourth-order valence-corrected chi connectivity index (χ4v) is 2.96. The lowest BCUT2D eigenvalue weighted by Gasteiger charge is -2.03. The molecule has 0 amide bonds. The number of halogens is 1. The maximum absolute atomic E-state index is 12.4. The summed E-state index contributed by atoms with van der Waals surface area (Å²) in [5.41, 5.74) is 0.420. The lowest BCUT2D eigenvalue weighted by atomic mass is 10.2. The molecule has 2 rings (SSSR count). The van der Waals surface area contributed by atoms with Crippen LogP contribution in [0.4, 0.5) is 0 Å². The van der Waals surface area contributed by atoms with E-state index in [-0.39, 0.29) is 10.6 Å². The van der Waals surface area contributed by atoms with Gasteiger partial charge >= 0.3 is 0 Å². The van der Waals surface area contributed by atoms with Gasteiger partial charge in [0.2, 0.25) is 9.84 Å². The van der Waals surface area contributed by atoms with Crippen LogP contribution >= 0.6 is 11.6 Å². The molecule has 2 aromatic carbocycles. The topological polar surface area (TPSA) is 78.2 Å². The first-order valence-electron chi connectivity index (χ1n) is 5.85. The van der Waals surface area contributed by atoms with Crippen molar-refractivity contribution in [2.75, 3.05) is 0 Å². The minimum absolute atomic E-state index is 0.00932. The molecule has 0 radical (unpaired) electrons. The van der Waals surface area contributed by atoms with Gasteiger partial charge in [-0.15, -0.1) is 0 Å². The van der Waals surface area contributed by atoms with Gasteiger partial charge in [0.1, 0.15) is 16.7 Å². The highest BCUT2D eigenvalue weighted by molar-refractivity contribution is 7.95. The van der Waals surface area contributed by atoms with E-state index in [1.165, 1.54) is 42.5 Å². The summed E-state index contributed by atoms with van der Waals surface area (Å²) >= 11 is 5.72. The SMILES string of the molecule is N#C/C(=C/c1cccc(O)c1)S(=O)(=O)c1ccc(Cl)cc1. The second-order valence-corrected chi connectivity index (χ2v) is 6.53. The number of phenols is 1. The van der Waals surface area contributed by atoms with Crippen molar-refractivity contribution >= 4 is 27.5 Å². The maximum atomic E-state index is 12.4. The van der Waals surface area contributed by atoms with Gasteiger partial charge in [-0.05, 0) is 48.0 Å². The van der Waals surface area contributed by atoms with Crippen molar-refractivity contribution in [1.29, 1.82) is 5.26 Å². The van der Waals surface area contributed by atoms with Gasteiger partial charge in [0.25, 0.3) is 0 Å². The molecule has 21 heavy (non-hydrogen) atoms. The highest BCUT2D eigenvalue weighted by Crippen LogP contribution is 2.23. The molecular formula is C15H10ClNO3S. The van der Waals surface area contributed by atoms with Gasteiger partial charge in [-0.2, -0.15) is 5.26 Å². The Morgan fingerprint density at radius 3 is 2.43 bits per heavy atom. The Morgan fingerprint density at radius 1 is 1.19 bits per heavy atom. The number of nitriles is 1. The van der Waals surface area contributed by atoms with Gasteiger partial charge < -0.3 is 5.11 Å². The van der Waals surface area contributed by atoms with Gasteiger partial charge in [0.15, 0.2) is 0 Å². The standard InChI is InChI=1S/C15H10ClNO3S/c16-12-4-6-14(7-5-12)21(19,20)15(10-17)9-11-2-1-3-13(18)8-11/h1-9,18H/b15-9-. The Hall–Kier alpha value is -2.29. The summed E-state index contributed by atoms with van der Waals surface area (Å²) in [7, 11) is -3.92. The molecule has 0 bridgehead atoms. The molecule has 0 aliphatic carbocycles. The monoisotopic (exact) mass is 319 g/mol. The first-order valence-corrected chi connectivity index (χ1v) is 7.71. The molecular weight excluding hydrogens is 310 g/mol. The highest BCUT2D eigenvalue weighted by Gasteiger charge is 2.20. The molecule has 0 aliphatic rings. The maximum Gasteiger partial charge on any atom is 0.216 e. The number of rotatable bonds is 3. The molecule has 0 atom stereocenters. The van der Waals surface area contributed by atoms with Gasteiger partial charge in [-0.1, -0.05) is 23.7 Å². The van der Waals surface area contributed by atoms with Crippen LogP contribution in [0.15, 0.2) is 58.3 Å². The van der Waals surface area contributed by atoms with Crippen molar-refractivity contribution in [3.63, 3.8) is 0 Å². The summed E-state index contributed by atoms with van der Waals surface area (Å²) in [6.45, 7) is 0. The molecule has 6 heteroatoms. The number of nitrogens with zero attached hydrogens (tertiary/aromatic N) is 1. The minimum atomic E-state index is -3.92. The average Bonchev–Trinajstić information content (AvgIpc) is 2.45. The molecule has 0 heterocycles. The van der Waals surface area contributed by atoms with Crippen molar-refractivity contribution in [1.82, 2.24) is 0 Å². The summed E-state index contributed by atoms with van der Waals surface area (Å²) in [6, 6.07) is 13.2. The Bertz CT molecular complexity index is 834. The van der Waals surface area contributed by atoms with E-state index >= 15 is 0 Å². The quantitative estimate of drug-likeness (QED) is 0.880. The fourth-order valence-electron chi connectivity index (χ4n) is 1.68. The molecule has 106 valence electrons. The van der Waals surface area contributed by atoms with Gasteiger partial charge in [-0.25, -0.2) is 8.42 Å². The Kier molecular flexibility index (Phi) is 4.32. The fraction of sp³-hybridized carbons (Fsp3) is 0. The van der Waals surface area contributed by atoms with Crippen molar-refractivity contribution in [2.24, 2.45) is 0 Å². The van der Waals surface area contributed by atoms with Crippen molar-refractivity contribution < 1.29 is 13.5 Å². The van der Waals surface area contributed by atoms with Crippen molar-refractivity contribution in [3.05, 3.63) is 64.0 Å². The van der Waals surface area contributed by atoms with Gasteiger partial charge in [0, 0.05) is 5.02 Å². The minimum Gasteiger partial charge on any atom is -0.508 e. The van der Waals surface area contributed by atoms with E-state index < -0.39 is 14.7 Å². The Balaban J connectivity index is 2.50. The first-order chi connectivity index (χ1) is 9.93. The van der Waals surface area contributed by atoms with Crippen LogP contribution in [-0.2, 0) is 9.84 Å². The van der Waals surface area contributed by atoms with Crippen LogP contribution in [0.1, 0.15) is 5.56 Å². The zero-order valence-electron chi connectivity index (χ0n) is 10.7. The van der Waals surface area contributed by atoms with Gasteiger partial charge in [-0.3, -0.25) is 0 Å². The predicted molar refractivity (Wildman–Crippen MR) is 80.3 cm³/mol. The number of phenolic OH excluding ortho intramolecular Hbond substituents is 1. The van der Waals surface area contributed by atoms with E-state index in [2.05, 4.69) is 0 Å². The summed E-state index contributed by atoms with van der Waals surface area (Å²) in [5, 5.41) is 18.9. The molecule has 2 aromatic rings. The van der Waals surface area contributed by atoms with E-state index in [1.54, 1.807) is 18.2 Å². The van der Waals surface area contributed by atoms with Crippen molar-refractivity contribution in [3.8, 4) is 11.8 Å². The van der Waals surface area contributed by atoms with E-state index in [0.29, 0.717) is 10.6 Å². The van der Waals surface area contributed by atoms with Crippen LogP contribution in [0, 0.1) is 11.3 Å². The molecule has 0 fully saturated rings. The molecule has 1 N–H and O–H groups in total. The van der Waals surface area contributed by atoms with Crippen LogP contribution in [0.2, 0.25) is 5.02 Å². The van der Waals surface area contributed by atoms with Crippen molar-refractivity contribution in [2.45, 2.75) is 4.90 Å². The zero-order valence-corrected chi connectivity index (χ0v) is 12.3. The average molecular weight is 320 g/mol. The molecule has 0 saturated carbocycles. The van der Waals surface area contributed by atoms with E-state index in [4.69, 9.17) is 16.9 Å². The highest BCUT2D eigenvalue weighted by atomic mass is 35.5. The molecule has 0 unspecified atom stereocenters. The third kappa shape index (κ3) is 3.43. The van der Waals surface area contributed by atoms with Gasteiger partial charge in [0.05, 0.1) is 4.90 Å². The number of benzene rings is 2. The third-order valence-electron chi connectivity index (χ3n) is 2.69. The molecule has 0 aliphatic heterocycles. The van der Waals surface area contributed by atoms with E-state index in [0.717, 1.165) is 0 Å². The summed E-state index contributed by atoms with van der Waals surface area (Å²) < 4.78 is 24.7. The predicted octanol–water partition coefficient (Wildman–Crippen LogP) is 3.38. The summed E-state index contributed by atoms with van der Waals surface area (Å²) in [4.78, 5) is -0.421. The molecule has 0 aromatic heterocycles. The third-order valence-corrected chi connectivity index (χ3v) is 4.62. The summed E-state index contributed by atoms with van der Waals surface area (Å²) in [6.07, 6.45) is 1.21. The Labute approximate surface area is 127 Å². The smallest absolute Gasteiger partial charge is 0.216 e. The first kappa shape index (κ1) is 15.1. The van der Waals surface area contributed by atoms with Crippen LogP contribution in [-0.4, -0.2) is 13.5 Å². The number of aromatic hydroxyl groups is 1. The van der Waals surface area contributed by atoms with E-state index in [1.807, 2.05) is 0 Å². The largest absolute Gasteiger partial charge is 0.508 e. The molecule has 0 saturated heterocycles. The number of hydrogen-bond donors (Lipinski definition) is 1.